The van der Waals surface area contributed by atoms with Gasteiger partial charge in [-0.25, -0.2) is 0 Å². The molecule has 0 bridgehead atoms. The Bertz CT molecular complexity index is 582. The molecule has 1 aromatic heterocycles. The lowest BCUT2D eigenvalue weighted by Gasteiger charge is -2.09. The van der Waals surface area contributed by atoms with Gasteiger partial charge in [0.1, 0.15) is 0 Å². The number of anilines is 1. The van der Waals surface area contributed by atoms with Crippen molar-refractivity contribution in [1.29, 1.82) is 0 Å². The molecule has 2 rings (SSSR count). The third kappa shape index (κ3) is 4.28. The monoisotopic (exact) mass is 317 g/mol. The van der Waals surface area contributed by atoms with Crippen LogP contribution in [0.5, 0.6) is 0 Å². The van der Waals surface area contributed by atoms with Gasteiger partial charge in [0.05, 0.1) is 15.5 Å². The van der Waals surface area contributed by atoms with Gasteiger partial charge in [-0.3, -0.25) is 4.79 Å². The maximum absolute atomic E-state index is 12.5. The van der Waals surface area contributed by atoms with E-state index in [-0.39, 0.29) is 17.3 Å². The average molecular weight is 317 g/mol. The molecule has 0 unspecified atom stereocenters. The summed E-state index contributed by atoms with van der Waals surface area (Å²) in [6.45, 7) is 0. The van der Waals surface area contributed by atoms with E-state index in [9.17, 15) is 18.0 Å². The molecule has 0 aliphatic carbocycles. The third-order valence-electron chi connectivity index (χ3n) is 2.31. The molecule has 0 saturated heterocycles. The van der Waals surface area contributed by atoms with Gasteiger partial charge in [0.25, 0.3) is 0 Å². The van der Waals surface area contributed by atoms with Crippen molar-refractivity contribution in [3.63, 3.8) is 0 Å². The summed E-state index contributed by atoms with van der Waals surface area (Å²) in [4.78, 5) is 11.7. The SMILES string of the molecule is O=C(CSc1cccs1)Nc1cccc(C(F)(F)F)c1. The molecule has 0 radical (unpaired) electrons. The van der Waals surface area contributed by atoms with Gasteiger partial charge in [0.15, 0.2) is 0 Å². The van der Waals surface area contributed by atoms with E-state index in [4.69, 9.17) is 0 Å². The van der Waals surface area contributed by atoms with Crippen LogP contribution in [0, 0.1) is 0 Å². The largest absolute Gasteiger partial charge is 0.416 e. The molecular formula is C13H10F3NOS2. The number of alkyl halides is 3. The lowest BCUT2D eigenvalue weighted by Crippen LogP contribution is -2.14. The van der Waals surface area contributed by atoms with Crippen LogP contribution in [0.15, 0.2) is 46.0 Å². The van der Waals surface area contributed by atoms with E-state index in [1.54, 1.807) is 0 Å². The highest BCUT2D eigenvalue weighted by Gasteiger charge is 2.30. The molecule has 0 spiro atoms. The Kier molecular flexibility index (Phi) is 4.72. The quantitative estimate of drug-likeness (QED) is 0.841. The van der Waals surface area contributed by atoms with Gasteiger partial charge in [0.2, 0.25) is 5.91 Å². The van der Waals surface area contributed by atoms with Crippen LogP contribution in [-0.2, 0) is 11.0 Å². The van der Waals surface area contributed by atoms with Gasteiger partial charge >= 0.3 is 6.18 Å². The van der Waals surface area contributed by atoms with Crippen LogP contribution >= 0.6 is 23.1 Å². The lowest BCUT2D eigenvalue weighted by molar-refractivity contribution is -0.137. The topological polar surface area (TPSA) is 29.1 Å². The van der Waals surface area contributed by atoms with Crippen molar-refractivity contribution in [2.75, 3.05) is 11.1 Å². The maximum atomic E-state index is 12.5. The first-order chi connectivity index (χ1) is 9.45. The van der Waals surface area contributed by atoms with Crippen LogP contribution in [0.3, 0.4) is 0 Å². The van der Waals surface area contributed by atoms with Crippen molar-refractivity contribution in [2.45, 2.75) is 10.4 Å². The fraction of sp³-hybridized carbons (Fsp3) is 0.154. The van der Waals surface area contributed by atoms with Crippen LogP contribution in [0.4, 0.5) is 18.9 Å². The molecule has 7 heteroatoms. The van der Waals surface area contributed by atoms with Crippen LogP contribution in [0.25, 0.3) is 0 Å². The summed E-state index contributed by atoms with van der Waals surface area (Å²) >= 11 is 2.86. The Balaban J connectivity index is 1.94. The summed E-state index contributed by atoms with van der Waals surface area (Å²) in [5, 5.41) is 4.36. The second kappa shape index (κ2) is 6.32. The van der Waals surface area contributed by atoms with Gasteiger partial charge < -0.3 is 5.32 Å². The minimum Gasteiger partial charge on any atom is -0.325 e. The van der Waals surface area contributed by atoms with E-state index in [2.05, 4.69) is 5.32 Å². The molecule has 2 aromatic rings. The van der Waals surface area contributed by atoms with Gasteiger partial charge in [-0.1, -0.05) is 12.1 Å². The first-order valence-corrected chi connectivity index (χ1v) is 7.45. The molecular weight excluding hydrogens is 307 g/mol. The Labute approximate surface area is 122 Å². The molecule has 0 atom stereocenters. The molecule has 1 aromatic carbocycles. The van der Waals surface area contributed by atoms with Crippen LogP contribution in [-0.4, -0.2) is 11.7 Å². The number of thiophene rings is 1. The normalized spacial score (nSPS) is 11.3. The minimum atomic E-state index is -4.41. The Morgan fingerprint density at radius 3 is 2.70 bits per heavy atom. The van der Waals surface area contributed by atoms with E-state index in [1.807, 2.05) is 17.5 Å². The fourth-order valence-corrected chi connectivity index (χ4v) is 3.04. The van der Waals surface area contributed by atoms with Crippen molar-refractivity contribution in [1.82, 2.24) is 0 Å². The predicted octanol–water partition coefficient (Wildman–Crippen LogP) is 4.50. The molecule has 0 aliphatic rings. The molecule has 1 heterocycles. The first kappa shape index (κ1) is 14.9. The molecule has 20 heavy (non-hydrogen) atoms. The number of hydrogen-bond acceptors (Lipinski definition) is 3. The summed E-state index contributed by atoms with van der Waals surface area (Å²) in [6.07, 6.45) is -4.41. The van der Waals surface area contributed by atoms with E-state index >= 15 is 0 Å². The second-order valence-electron chi connectivity index (χ2n) is 3.85. The maximum Gasteiger partial charge on any atom is 0.416 e. The second-order valence-corrected chi connectivity index (χ2v) is 6.07. The van der Waals surface area contributed by atoms with Crippen molar-refractivity contribution < 1.29 is 18.0 Å². The zero-order valence-electron chi connectivity index (χ0n) is 10.1. The van der Waals surface area contributed by atoms with E-state index in [1.165, 1.54) is 35.2 Å². The average Bonchev–Trinajstić information content (AvgIpc) is 2.89. The summed E-state index contributed by atoms with van der Waals surface area (Å²) in [6, 6.07) is 8.35. The Morgan fingerprint density at radius 1 is 1.25 bits per heavy atom. The van der Waals surface area contributed by atoms with Crippen LogP contribution < -0.4 is 5.32 Å². The number of amides is 1. The summed E-state index contributed by atoms with van der Waals surface area (Å²) < 4.78 is 38.6. The highest BCUT2D eigenvalue weighted by molar-refractivity contribution is 8.01. The van der Waals surface area contributed by atoms with Crippen molar-refractivity contribution in [3.8, 4) is 0 Å². The number of halogens is 3. The standard InChI is InChI=1S/C13H10F3NOS2/c14-13(15,16)9-3-1-4-10(7-9)17-11(18)8-20-12-5-2-6-19-12/h1-7H,8H2,(H,17,18). The van der Waals surface area contributed by atoms with E-state index in [0.717, 1.165) is 16.3 Å². The van der Waals surface area contributed by atoms with Crippen molar-refractivity contribution in [2.24, 2.45) is 0 Å². The van der Waals surface area contributed by atoms with E-state index in [0.29, 0.717) is 0 Å². The minimum absolute atomic E-state index is 0.150. The molecule has 0 saturated carbocycles. The zero-order chi connectivity index (χ0) is 14.6. The Hall–Kier alpha value is -1.47. The molecule has 1 N–H and O–H groups in total. The van der Waals surface area contributed by atoms with Gasteiger partial charge in [-0.15, -0.1) is 23.1 Å². The highest BCUT2D eigenvalue weighted by atomic mass is 32.2. The van der Waals surface area contributed by atoms with E-state index < -0.39 is 11.7 Å². The number of hydrogen-bond donors (Lipinski definition) is 1. The van der Waals surface area contributed by atoms with Gasteiger partial charge in [0, 0.05) is 5.69 Å². The number of rotatable bonds is 4. The number of carbonyl (C=O) groups is 1. The third-order valence-corrected chi connectivity index (χ3v) is 4.45. The molecule has 1 amide bonds. The summed E-state index contributed by atoms with van der Waals surface area (Å²) in [7, 11) is 0. The molecule has 2 nitrogen and oxygen atoms in total. The molecule has 0 fully saturated rings. The number of carbonyl (C=O) groups excluding carboxylic acids is 1. The van der Waals surface area contributed by atoms with Crippen LogP contribution in [0.1, 0.15) is 5.56 Å². The summed E-state index contributed by atoms with van der Waals surface area (Å²) in [5.41, 5.74) is -0.627. The fourth-order valence-electron chi connectivity index (χ4n) is 1.45. The zero-order valence-corrected chi connectivity index (χ0v) is 11.7. The predicted molar refractivity (Wildman–Crippen MR) is 75.1 cm³/mol. The summed E-state index contributed by atoms with van der Waals surface area (Å²) in [5.74, 6) is -0.167. The smallest absolute Gasteiger partial charge is 0.325 e. The van der Waals surface area contributed by atoms with Crippen molar-refractivity contribution >= 4 is 34.7 Å². The first-order valence-electron chi connectivity index (χ1n) is 5.58. The van der Waals surface area contributed by atoms with Gasteiger partial charge in [-0.05, 0) is 29.6 Å². The number of thioether (sulfide) groups is 1. The number of nitrogens with one attached hydrogen (secondary N) is 1. The molecule has 106 valence electrons. The van der Waals surface area contributed by atoms with Crippen molar-refractivity contribution in [3.05, 3.63) is 47.3 Å². The molecule has 0 aliphatic heterocycles. The van der Waals surface area contributed by atoms with Crippen LogP contribution in [0.2, 0.25) is 0 Å². The Morgan fingerprint density at radius 2 is 2.05 bits per heavy atom. The van der Waals surface area contributed by atoms with Gasteiger partial charge in [-0.2, -0.15) is 13.2 Å². The highest BCUT2D eigenvalue weighted by Crippen LogP contribution is 2.30. The number of benzene rings is 1. The lowest BCUT2D eigenvalue weighted by atomic mass is 10.2.